The number of nitrogens with zero attached hydrogens (tertiary/aromatic N) is 1. The standard InChI is InChI=1S/C12H19N3O2/c1-7-6-14-12(17-7)9(3)15-11(16)10-4-5-13-8(10)2/h6,8-10,13H,4-5H2,1-3H3,(H,15,16). The van der Waals surface area contributed by atoms with Gasteiger partial charge in [0, 0.05) is 6.04 Å². The van der Waals surface area contributed by atoms with Crippen LogP contribution in [0.1, 0.15) is 38.0 Å². The van der Waals surface area contributed by atoms with E-state index in [4.69, 9.17) is 4.42 Å². The van der Waals surface area contributed by atoms with Crippen LogP contribution in [0.3, 0.4) is 0 Å². The molecule has 2 N–H and O–H groups in total. The quantitative estimate of drug-likeness (QED) is 0.827. The second-order valence-corrected chi connectivity index (χ2v) is 4.68. The zero-order valence-corrected chi connectivity index (χ0v) is 10.5. The number of carbonyl (C=O) groups excluding carboxylic acids is 1. The molecule has 1 fully saturated rings. The lowest BCUT2D eigenvalue weighted by Gasteiger charge is -2.17. The molecule has 1 aliphatic rings. The molecule has 0 aliphatic carbocycles. The number of aryl methyl sites for hydroxylation is 1. The van der Waals surface area contributed by atoms with Crippen molar-refractivity contribution < 1.29 is 9.21 Å². The predicted molar refractivity (Wildman–Crippen MR) is 63.4 cm³/mol. The fraction of sp³-hybridized carbons (Fsp3) is 0.667. The van der Waals surface area contributed by atoms with Crippen molar-refractivity contribution in [1.29, 1.82) is 0 Å². The lowest BCUT2D eigenvalue weighted by atomic mass is 10.0. The van der Waals surface area contributed by atoms with E-state index in [9.17, 15) is 4.79 Å². The van der Waals surface area contributed by atoms with Crippen molar-refractivity contribution in [3.8, 4) is 0 Å². The number of rotatable bonds is 3. The van der Waals surface area contributed by atoms with Crippen LogP contribution in [0.4, 0.5) is 0 Å². The zero-order chi connectivity index (χ0) is 12.4. The minimum Gasteiger partial charge on any atom is -0.444 e. The average Bonchev–Trinajstić information content (AvgIpc) is 2.86. The van der Waals surface area contributed by atoms with Crippen molar-refractivity contribution in [3.05, 3.63) is 17.8 Å². The first-order valence-electron chi connectivity index (χ1n) is 6.04. The van der Waals surface area contributed by atoms with E-state index in [1.807, 2.05) is 20.8 Å². The van der Waals surface area contributed by atoms with E-state index in [2.05, 4.69) is 15.6 Å². The van der Waals surface area contributed by atoms with E-state index in [-0.39, 0.29) is 23.9 Å². The molecule has 94 valence electrons. The fourth-order valence-corrected chi connectivity index (χ4v) is 2.17. The largest absolute Gasteiger partial charge is 0.444 e. The zero-order valence-electron chi connectivity index (χ0n) is 10.5. The molecule has 0 spiro atoms. The highest BCUT2D eigenvalue weighted by Crippen LogP contribution is 2.18. The van der Waals surface area contributed by atoms with Gasteiger partial charge in [0.05, 0.1) is 12.1 Å². The Kier molecular flexibility index (Phi) is 3.47. The Balaban J connectivity index is 1.94. The number of oxazole rings is 1. The van der Waals surface area contributed by atoms with Gasteiger partial charge in [-0.1, -0.05) is 0 Å². The highest BCUT2D eigenvalue weighted by atomic mass is 16.4. The SMILES string of the molecule is Cc1cnc(C(C)NC(=O)C2CCNC2C)o1. The number of amides is 1. The summed E-state index contributed by atoms with van der Waals surface area (Å²) >= 11 is 0. The van der Waals surface area contributed by atoms with Crippen LogP contribution in [-0.4, -0.2) is 23.5 Å². The molecule has 1 saturated heterocycles. The van der Waals surface area contributed by atoms with E-state index >= 15 is 0 Å². The maximum atomic E-state index is 12.0. The van der Waals surface area contributed by atoms with Crippen molar-refractivity contribution in [3.63, 3.8) is 0 Å². The summed E-state index contributed by atoms with van der Waals surface area (Å²) in [6.45, 7) is 6.67. The molecule has 0 bridgehead atoms. The molecule has 1 amide bonds. The smallest absolute Gasteiger partial charge is 0.225 e. The predicted octanol–water partition coefficient (Wildman–Crippen LogP) is 1.16. The van der Waals surface area contributed by atoms with Gasteiger partial charge in [-0.2, -0.15) is 0 Å². The number of aromatic nitrogens is 1. The molecular weight excluding hydrogens is 218 g/mol. The lowest BCUT2D eigenvalue weighted by Crippen LogP contribution is -2.37. The fourth-order valence-electron chi connectivity index (χ4n) is 2.17. The van der Waals surface area contributed by atoms with Gasteiger partial charge in [-0.3, -0.25) is 4.79 Å². The second kappa shape index (κ2) is 4.87. The van der Waals surface area contributed by atoms with Gasteiger partial charge < -0.3 is 15.1 Å². The van der Waals surface area contributed by atoms with Gasteiger partial charge in [0.25, 0.3) is 0 Å². The molecule has 3 atom stereocenters. The third-order valence-corrected chi connectivity index (χ3v) is 3.23. The first kappa shape index (κ1) is 12.1. The Labute approximate surface area is 101 Å². The van der Waals surface area contributed by atoms with Crippen LogP contribution < -0.4 is 10.6 Å². The third kappa shape index (κ3) is 2.66. The molecule has 5 heteroatoms. The first-order valence-corrected chi connectivity index (χ1v) is 6.04. The summed E-state index contributed by atoms with van der Waals surface area (Å²) in [5.74, 6) is 1.45. The van der Waals surface area contributed by atoms with E-state index in [0.717, 1.165) is 18.7 Å². The molecule has 3 unspecified atom stereocenters. The van der Waals surface area contributed by atoms with Crippen LogP contribution in [-0.2, 0) is 4.79 Å². The Bertz CT molecular complexity index is 402. The molecule has 0 aromatic carbocycles. The molecule has 0 saturated carbocycles. The van der Waals surface area contributed by atoms with Gasteiger partial charge >= 0.3 is 0 Å². The topological polar surface area (TPSA) is 67.2 Å². The van der Waals surface area contributed by atoms with Crippen LogP contribution in [0.2, 0.25) is 0 Å². The van der Waals surface area contributed by atoms with E-state index < -0.39 is 0 Å². The summed E-state index contributed by atoms with van der Waals surface area (Å²) in [4.78, 5) is 16.1. The Hall–Kier alpha value is -1.36. The van der Waals surface area contributed by atoms with E-state index in [0.29, 0.717) is 5.89 Å². The molecule has 2 heterocycles. The van der Waals surface area contributed by atoms with Gasteiger partial charge in [0.15, 0.2) is 0 Å². The average molecular weight is 237 g/mol. The maximum absolute atomic E-state index is 12.0. The van der Waals surface area contributed by atoms with Crippen molar-refractivity contribution in [2.75, 3.05) is 6.54 Å². The molecule has 1 aromatic heterocycles. The molecule has 17 heavy (non-hydrogen) atoms. The van der Waals surface area contributed by atoms with E-state index in [1.165, 1.54) is 0 Å². The maximum Gasteiger partial charge on any atom is 0.225 e. The normalized spacial score (nSPS) is 25.8. The summed E-state index contributed by atoms with van der Waals surface area (Å²) < 4.78 is 5.39. The summed E-state index contributed by atoms with van der Waals surface area (Å²) in [7, 11) is 0. The van der Waals surface area contributed by atoms with Gasteiger partial charge in [-0.25, -0.2) is 4.98 Å². The Morgan fingerprint density at radius 1 is 1.71 bits per heavy atom. The van der Waals surface area contributed by atoms with Crippen LogP contribution in [0.5, 0.6) is 0 Å². The van der Waals surface area contributed by atoms with Gasteiger partial charge in [0.1, 0.15) is 11.8 Å². The first-order chi connectivity index (χ1) is 8.08. The molecular formula is C12H19N3O2. The molecule has 0 radical (unpaired) electrons. The third-order valence-electron chi connectivity index (χ3n) is 3.23. The minimum atomic E-state index is -0.177. The molecule has 5 nitrogen and oxygen atoms in total. The van der Waals surface area contributed by atoms with Crippen molar-refractivity contribution in [2.45, 2.75) is 39.3 Å². The van der Waals surface area contributed by atoms with Crippen LogP contribution in [0, 0.1) is 12.8 Å². The number of hydrogen-bond donors (Lipinski definition) is 2. The van der Waals surface area contributed by atoms with Gasteiger partial charge in [-0.05, 0) is 33.7 Å². The molecule has 1 aromatic rings. The molecule has 1 aliphatic heterocycles. The summed E-state index contributed by atoms with van der Waals surface area (Å²) in [5, 5.41) is 6.21. The Morgan fingerprint density at radius 3 is 3.00 bits per heavy atom. The lowest BCUT2D eigenvalue weighted by molar-refractivity contribution is -0.125. The minimum absolute atomic E-state index is 0.0495. The number of hydrogen-bond acceptors (Lipinski definition) is 4. The van der Waals surface area contributed by atoms with Crippen LogP contribution in [0.15, 0.2) is 10.6 Å². The van der Waals surface area contributed by atoms with Crippen LogP contribution >= 0.6 is 0 Å². The summed E-state index contributed by atoms with van der Waals surface area (Å²) in [5.41, 5.74) is 0. The Morgan fingerprint density at radius 2 is 2.47 bits per heavy atom. The molecule has 2 rings (SSSR count). The highest BCUT2D eigenvalue weighted by molar-refractivity contribution is 5.80. The highest BCUT2D eigenvalue weighted by Gasteiger charge is 2.30. The van der Waals surface area contributed by atoms with Crippen molar-refractivity contribution in [1.82, 2.24) is 15.6 Å². The number of nitrogens with one attached hydrogen (secondary N) is 2. The van der Waals surface area contributed by atoms with E-state index in [1.54, 1.807) is 6.20 Å². The van der Waals surface area contributed by atoms with Crippen molar-refractivity contribution in [2.24, 2.45) is 5.92 Å². The van der Waals surface area contributed by atoms with Crippen LogP contribution in [0.25, 0.3) is 0 Å². The van der Waals surface area contributed by atoms with Gasteiger partial charge in [-0.15, -0.1) is 0 Å². The number of carbonyl (C=O) groups is 1. The monoisotopic (exact) mass is 237 g/mol. The summed E-state index contributed by atoms with van der Waals surface area (Å²) in [6.07, 6.45) is 2.56. The van der Waals surface area contributed by atoms with Crippen molar-refractivity contribution >= 4 is 5.91 Å². The van der Waals surface area contributed by atoms with Gasteiger partial charge in [0.2, 0.25) is 11.8 Å². The second-order valence-electron chi connectivity index (χ2n) is 4.68. The summed E-state index contributed by atoms with van der Waals surface area (Å²) in [6, 6.07) is 0.0671.